The number of carbonyl (C=O) groups excluding carboxylic acids is 1. The lowest BCUT2D eigenvalue weighted by molar-refractivity contribution is -0.116. The van der Waals surface area contributed by atoms with Gasteiger partial charge in [0, 0.05) is 6.42 Å². The molecule has 156 valence electrons. The summed E-state index contributed by atoms with van der Waals surface area (Å²) < 4.78 is 0. The van der Waals surface area contributed by atoms with Crippen LogP contribution < -0.4 is 0 Å². The third kappa shape index (κ3) is 3.25. The second-order valence-corrected chi connectivity index (χ2v) is 11.7. The number of rotatable bonds is 5. The van der Waals surface area contributed by atoms with Crippen LogP contribution in [0.4, 0.5) is 0 Å². The summed E-state index contributed by atoms with van der Waals surface area (Å²) in [7, 11) is 0. The van der Waals surface area contributed by atoms with Crippen LogP contribution in [0.25, 0.3) is 0 Å². The SMILES string of the molecule is CC(C)CCC[C@@H](C)[C@H]1CC[C@H]2[C@H]3C=CC4=CC(=O)CC[C@]4(C)[C@H]3CC[C@]12C. The number of fused-ring (bicyclic) bond motifs is 5. The van der Waals surface area contributed by atoms with Crippen LogP contribution >= 0.6 is 0 Å². The van der Waals surface area contributed by atoms with Gasteiger partial charge in [-0.1, -0.05) is 66.0 Å². The number of allylic oxidation sites excluding steroid dienone is 4. The first-order valence-electron chi connectivity index (χ1n) is 12.2. The molecule has 0 aromatic heterocycles. The maximum absolute atomic E-state index is 12.0. The van der Waals surface area contributed by atoms with E-state index in [-0.39, 0.29) is 5.41 Å². The Balaban J connectivity index is 1.53. The molecule has 0 aliphatic heterocycles. The summed E-state index contributed by atoms with van der Waals surface area (Å²) in [5.74, 6) is 5.32. The molecule has 2 saturated carbocycles. The molecule has 0 saturated heterocycles. The first kappa shape index (κ1) is 20.4. The molecule has 28 heavy (non-hydrogen) atoms. The van der Waals surface area contributed by atoms with Gasteiger partial charge in [-0.3, -0.25) is 4.79 Å². The molecular weight excluding hydrogens is 340 g/mol. The van der Waals surface area contributed by atoms with Crippen LogP contribution in [0.15, 0.2) is 23.8 Å². The molecule has 4 rings (SSSR count). The smallest absolute Gasteiger partial charge is 0.156 e. The zero-order valence-corrected chi connectivity index (χ0v) is 19.0. The zero-order chi connectivity index (χ0) is 20.1. The molecule has 4 aliphatic rings. The van der Waals surface area contributed by atoms with Crippen molar-refractivity contribution < 1.29 is 4.79 Å². The molecule has 0 radical (unpaired) electrons. The second kappa shape index (κ2) is 7.44. The third-order valence-electron chi connectivity index (χ3n) is 9.72. The van der Waals surface area contributed by atoms with Crippen LogP contribution in [0.5, 0.6) is 0 Å². The van der Waals surface area contributed by atoms with Crippen molar-refractivity contribution in [2.75, 3.05) is 0 Å². The van der Waals surface area contributed by atoms with Crippen molar-refractivity contribution in [2.24, 2.45) is 46.3 Å². The molecule has 0 N–H and O–H groups in total. The molecule has 0 heterocycles. The van der Waals surface area contributed by atoms with Gasteiger partial charge >= 0.3 is 0 Å². The van der Waals surface area contributed by atoms with E-state index >= 15 is 0 Å². The summed E-state index contributed by atoms with van der Waals surface area (Å²) in [6.45, 7) is 12.4. The first-order chi connectivity index (χ1) is 13.3. The fraction of sp³-hybridized carbons (Fsp3) is 0.815. The molecule has 0 aromatic rings. The Morgan fingerprint density at radius 1 is 1.04 bits per heavy atom. The van der Waals surface area contributed by atoms with E-state index in [9.17, 15) is 4.79 Å². The predicted octanol–water partition coefficient (Wildman–Crippen LogP) is 7.37. The van der Waals surface area contributed by atoms with E-state index in [4.69, 9.17) is 0 Å². The van der Waals surface area contributed by atoms with Gasteiger partial charge in [-0.05, 0) is 90.1 Å². The van der Waals surface area contributed by atoms with Crippen LogP contribution in [0.2, 0.25) is 0 Å². The minimum Gasteiger partial charge on any atom is -0.295 e. The lowest BCUT2D eigenvalue weighted by atomic mass is 9.48. The second-order valence-electron chi connectivity index (χ2n) is 11.7. The molecular formula is C27H42O. The van der Waals surface area contributed by atoms with Crippen molar-refractivity contribution in [2.45, 2.75) is 92.4 Å². The standard InChI is InChI=1S/C27H42O/c1-18(2)7-6-8-19(3)23-11-12-24-22-10-9-20-17-21(28)13-15-26(20,4)25(22)14-16-27(23,24)5/h9-10,17-19,22-25H,6-8,11-16H2,1-5H3/t19-,22-,23-,24+,25+,26+,27-/m1/s1. The Morgan fingerprint density at radius 2 is 1.82 bits per heavy atom. The summed E-state index contributed by atoms with van der Waals surface area (Å²) in [5, 5.41) is 0. The summed E-state index contributed by atoms with van der Waals surface area (Å²) in [6.07, 6.45) is 18.5. The van der Waals surface area contributed by atoms with Gasteiger partial charge in [-0.25, -0.2) is 0 Å². The van der Waals surface area contributed by atoms with E-state index < -0.39 is 0 Å². The third-order valence-corrected chi connectivity index (χ3v) is 9.72. The predicted molar refractivity (Wildman–Crippen MR) is 118 cm³/mol. The molecule has 0 unspecified atom stereocenters. The molecule has 0 amide bonds. The molecule has 1 nitrogen and oxygen atoms in total. The Labute approximate surface area is 173 Å². The number of hydrogen-bond donors (Lipinski definition) is 0. The number of ketones is 1. The average molecular weight is 383 g/mol. The van der Waals surface area contributed by atoms with Gasteiger partial charge in [-0.15, -0.1) is 0 Å². The van der Waals surface area contributed by atoms with Crippen molar-refractivity contribution in [3.63, 3.8) is 0 Å². The summed E-state index contributed by atoms with van der Waals surface area (Å²) in [5.41, 5.74) is 2.12. The molecule has 0 spiro atoms. The van der Waals surface area contributed by atoms with E-state index in [0.29, 0.717) is 11.2 Å². The van der Waals surface area contributed by atoms with E-state index in [1.807, 2.05) is 6.08 Å². The Hall–Kier alpha value is -0.850. The Kier molecular flexibility index (Phi) is 5.43. The van der Waals surface area contributed by atoms with Crippen molar-refractivity contribution in [1.29, 1.82) is 0 Å². The van der Waals surface area contributed by atoms with Crippen LogP contribution in [0.1, 0.15) is 92.4 Å². The minimum atomic E-state index is 0.246. The van der Waals surface area contributed by atoms with Gasteiger partial charge in [0.1, 0.15) is 0 Å². The minimum absolute atomic E-state index is 0.246. The normalized spacial score (nSPS) is 43.4. The highest BCUT2D eigenvalue weighted by Crippen LogP contribution is 2.66. The van der Waals surface area contributed by atoms with Crippen molar-refractivity contribution in [3.8, 4) is 0 Å². The Morgan fingerprint density at radius 3 is 2.57 bits per heavy atom. The highest BCUT2D eigenvalue weighted by atomic mass is 16.1. The molecule has 7 atom stereocenters. The lowest BCUT2D eigenvalue weighted by Crippen LogP contribution is -2.49. The number of hydrogen-bond acceptors (Lipinski definition) is 1. The Bertz CT molecular complexity index is 670. The molecule has 1 heteroatoms. The van der Waals surface area contributed by atoms with E-state index in [1.165, 1.54) is 50.5 Å². The highest BCUT2D eigenvalue weighted by molar-refractivity contribution is 5.92. The van der Waals surface area contributed by atoms with Gasteiger partial charge in [0.2, 0.25) is 0 Å². The average Bonchev–Trinajstić information content (AvgIpc) is 2.99. The maximum atomic E-state index is 12.0. The fourth-order valence-electron chi connectivity index (χ4n) is 8.02. The molecule has 2 fully saturated rings. The van der Waals surface area contributed by atoms with Crippen molar-refractivity contribution >= 4 is 5.78 Å². The van der Waals surface area contributed by atoms with Crippen LogP contribution in [-0.2, 0) is 4.79 Å². The van der Waals surface area contributed by atoms with E-state index in [0.717, 1.165) is 48.3 Å². The topological polar surface area (TPSA) is 17.1 Å². The summed E-state index contributed by atoms with van der Waals surface area (Å²) >= 11 is 0. The van der Waals surface area contributed by atoms with Gasteiger partial charge in [0.25, 0.3) is 0 Å². The van der Waals surface area contributed by atoms with Gasteiger partial charge in [0.05, 0.1) is 0 Å². The van der Waals surface area contributed by atoms with Gasteiger partial charge < -0.3 is 0 Å². The van der Waals surface area contributed by atoms with Gasteiger partial charge in [0.15, 0.2) is 5.78 Å². The molecule has 0 bridgehead atoms. The molecule has 4 aliphatic carbocycles. The summed E-state index contributed by atoms with van der Waals surface area (Å²) in [6, 6.07) is 0. The lowest BCUT2D eigenvalue weighted by Gasteiger charge is -2.56. The van der Waals surface area contributed by atoms with Crippen LogP contribution in [0, 0.1) is 46.3 Å². The molecule has 0 aromatic carbocycles. The maximum Gasteiger partial charge on any atom is 0.156 e. The monoisotopic (exact) mass is 382 g/mol. The van der Waals surface area contributed by atoms with E-state index in [2.05, 4.69) is 46.8 Å². The van der Waals surface area contributed by atoms with Crippen molar-refractivity contribution in [3.05, 3.63) is 23.8 Å². The zero-order valence-electron chi connectivity index (χ0n) is 19.0. The summed E-state index contributed by atoms with van der Waals surface area (Å²) in [4.78, 5) is 12.0. The largest absolute Gasteiger partial charge is 0.295 e. The first-order valence-corrected chi connectivity index (χ1v) is 12.2. The van der Waals surface area contributed by atoms with E-state index in [1.54, 1.807) is 0 Å². The van der Waals surface area contributed by atoms with Crippen LogP contribution in [-0.4, -0.2) is 5.78 Å². The number of carbonyl (C=O) groups is 1. The van der Waals surface area contributed by atoms with Gasteiger partial charge in [-0.2, -0.15) is 0 Å². The van der Waals surface area contributed by atoms with Crippen molar-refractivity contribution in [1.82, 2.24) is 0 Å². The quantitative estimate of drug-likeness (QED) is 0.485. The highest BCUT2D eigenvalue weighted by Gasteiger charge is 2.58. The fourth-order valence-corrected chi connectivity index (χ4v) is 8.02. The van der Waals surface area contributed by atoms with Crippen LogP contribution in [0.3, 0.4) is 0 Å².